The van der Waals surface area contributed by atoms with Crippen LogP contribution in [0.5, 0.6) is 11.5 Å². The van der Waals surface area contributed by atoms with Gasteiger partial charge in [0.1, 0.15) is 5.82 Å². The van der Waals surface area contributed by atoms with Crippen LogP contribution in [0.4, 0.5) is 5.82 Å². The number of aromatic nitrogens is 1. The largest absolute Gasteiger partial charge is 0.454 e. The molecular formula is C23H28N2O3. The number of amides is 1. The van der Waals surface area contributed by atoms with Crippen molar-refractivity contribution in [2.75, 3.05) is 11.7 Å². The number of carbonyl (C=O) groups is 1. The lowest BCUT2D eigenvalue weighted by atomic mass is 9.89. The van der Waals surface area contributed by atoms with Gasteiger partial charge in [0.25, 0.3) is 0 Å². The fraction of sp³-hybridized carbons (Fsp3) is 0.478. The number of ether oxygens (including phenoxy) is 2. The van der Waals surface area contributed by atoms with Gasteiger partial charge in [-0.1, -0.05) is 44.7 Å². The normalized spacial score (nSPS) is 17.3. The first kappa shape index (κ1) is 18.8. The van der Waals surface area contributed by atoms with Crippen molar-refractivity contribution in [1.82, 2.24) is 4.98 Å². The van der Waals surface area contributed by atoms with Crippen molar-refractivity contribution >= 4 is 11.7 Å². The fourth-order valence-electron chi connectivity index (χ4n) is 4.33. The maximum absolute atomic E-state index is 13.8. The molecule has 0 spiro atoms. The lowest BCUT2D eigenvalue weighted by molar-refractivity contribution is -0.120. The number of pyridine rings is 1. The number of hydrogen-bond acceptors (Lipinski definition) is 4. The Morgan fingerprint density at radius 3 is 2.71 bits per heavy atom. The Labute approximate surface area is 166 Å². The third kappa shape index (κ3) is 3.84. The molecule has 5 heteroatoms. The maximum Gasteiger partial charge on any atom is 0.235 e. The number of rotatable bonds is 6. The molecule has 28 heavy (non-hydrogen) atoms. The quantitative estimate of drug-likeness (QED) is 0.703. The lowest BCUT2D eigenvalue weighted by Crippen LogP contribution is -2.44. The van der Waals surface area contributed by atoms with Gasteiger partial charge in [-0.2, -0.15) is 0 Å². The van der Waals surface area contributed by atoms with E-state index < -0.39 is 0 Å². The topological polar surface area (TPSA) is 51.7 Å². The minimum absolute atomic E-state index is 0.145. The highest BCUT2D eigenvalue weighted by Gasteiger charge is 2.33. The third-order valence-electron chi connectivity index (χ3n) is 5.75. The molecule has 1 fully saturated rings. The summed E-state index contributed by atoms with van der Waals surface area (Å²) in [6.45, 7) is 2.37. The summed E-state index contributed by atoms with van der Waals surface area (Å²) in [5, 5.41) is 0. The van der Waals surface area contributed by atoms with Crippen molar-refractivity contribution in [3.8, 4) is 11.5 Å². The molecule has 1 unspecified atom stereocenters. The molecule has 1 aromatic carbocycles. The maximum atomic E-state index is 13.8. The Balaban J connectivity index is 1.68. The van der Waals surface area contributed by atoms with E-state index in [2.05, 4.69) is 11.9 Å². The highest BCUT2D eigenvalue weighted by Crippen LogP contribution is 2.37. The van der Waals surface area contributed by atoms with Gasteiger partial charge in [-0.3, -0.25) is 9.69 Å². The second-order valence-corrected chi connectivity index (χ2v) is 7.64. The zero-order valence-electron chi connectivity index (χ0n) is 16.5. The van der Waals surface area contributed by atoms with Gasteiger partial charge in [-0.15, -0.1) is 0 Å². The standard InChI is InChI=1S/C23H28N2O3/c1-2-8-19(17-12-13-20-21(15-17)28-16-27-20)23(26)25(18-9-4-3-5-10-18)22-11-6-7-14-24-22/h6-7,11-15,18-19H,2-5,8-10,16H2,1H3. The van der Waals surface area contributed by atoms with Crippen LogP contribution in [-0.4, -0.2) is 23.7 Å². The average Bonchev–Trinajstić information content (AvgIpc) is 3.21. The van der Waals surface area contributed by atoms with Gasteiger partial charge >= 0.3 is 0 Å². The van der Waals surface area contributed by atoms with Crippen LogP contribution < -0.4 is 14.4 Å². The molecule has 2 heterocycles. The van der Waals surface area contributed by atoms with Crippen LogP contribution in [-0.2, 0) is 4.79 Å². The first-order chi connectivity index (χ1) is 13.8. The minimum atomic E-state index is -0.205. The van der Waals surface area contributed by atoms with E-state index in [4.69, 9.17) is 9.47 Å². The number of nitrogens with zero attached hydrogens (tertiary/aromatic N) is 2. The second-order valence-electron chi connectivity index (χ2n) is 7.64. The number of anilines is 1. The lowest BCUT2D eigenvalue weighted by Gasteiger charge is -2.36. The van der Waals surface area contributed by atoms with E-state index in [1.54, 1.807) is 6.20 Å². The molecule has 148 valence electrons. The van der Waals surface area contributed by atoms with Crippen LogP contribution >= 0.6 is 0 Å². The molecule has 0 N–H and O–H groups in total. The smallest absolute Gasteiger partial charge is 0.235 e. The summed E-state index contributed by atoms with van der Waals surface area (Å²) in [6, 6.07) is 11.9. The van der Waals surface area contributed by atoms with Crippen LogP contribution in [0.1, 0.15) is 63.4 Å². The Kier molecular flexibility index (Phi) is 5.79. The van der Waals surface area contributed by atoms with Gasteiger partial charge in [0, 0.05) is 12.2 Å². The van der Waals surface area contributed by atoms with Crippen LogP contribution in [0.2, 0.25) is 0 Å². The molecule has 1 aliphatic carbocycles. The molecular weight excluding hydrogens is 352 g/mol. The molecule has 2 aliphatic rings. The van der Waals surface area contributed by atoms with Gasteiger partial charge in [-0.25, -0.2) is 4.98 Å². The van der Waals surface area contributed by atoms with Gasteiger partial charge in [0.15, 0.2) is 11.5 Å². The summed E-state index contributed by atoms with van der Waals surface area (Å²) < 4.78 is 11.0. The molecule has 1 saturated carbocycles. The molecule has 0 saturated heterocycles. The van der Waals surface area contributed by atoms with E-state index in [0.29, 0.717) is 0 Å². The molecule has 1 atom stereocenters. The molecule has 2 aromatic rings. The highest BCUT2D eigenvalue weighted by atomic mass is 16.7. The second kappa shape index (κ2) is 8.63. The summed E-state index contributed by atoms with van der Waals surface area (Å²) in [6.07, 6.45) is 9.19. The molecule has 0 bridgehead atoms. The third-order valence-corrected chi connectivity index (χ3v) is 5.75. The Hall–Kier alpha value is -2.56. The SMILES string of the molecule is CCCC(C(=O)N(c1ccccn1)C1CCCCC1)c1ccc2c(c1)OCO2. The summed E-state index contributed by atoms with van der Waals surface area (Å²) in [4.78, 5) is 20.4. The van der Waals surface area contributed by atoms with E-state index in [9.17, 15) is 4.79 Å². The van der Waals surface area contributed by atoms with Crippen molar-refractivity contribution < 1.29 is 14.3 Å². The number of fused-ring (bicyclic) bond motifs is 1. The molecule has 0 radical (unpaired) electrons. The molecule has 4 rings (SSSR count). The van der Waals surface area contributed by atoms with Crippen molar-refractivity contribution in [3.63, 3.8) is 0 Å². The van der Waals surface area contributed by atoms with Crippen molar-refractivity contribution in [2.24, 2.45) is 0 Å². The van der Waals surface area contributed by atoms with Crippen LogP contribution in [0.3, 0.4) is 0 Å². The fourth-order valence-corrected chi connectivity index (χ4v) is 4.33. The Bertz CT molecular complexity index is 803. The zero-order valence-corrected chi connectivity index (χ0v) is 16.5. The first-order valence-corrected chi connectivity index (χ1v) is 10.4. The van der Waals surface area contributed by atoms with Crippen LogP contribution in [0.15, 0.2) is 42.6 Å². The summed E-state index contributed by atoms with van der Waals surface area (Å²) >= 11 is 0. The summed E-state index contributed by atoms with van der Waals surface area (Å²) in [7, 11) is 0. The minimum Gasteiger partial charge on any atom is -0.454 e. The molecule has 5 nitrogen and oxygen atoms in total. The van der Waals surface area contributed by atoms with E-state index >= 15 is 0 Å². The number of hydrogen-bond donors (Lipinski definition) is 0. The predicted molar refractivity (Wildman–Crippen MR) is 109 cm³/mol. The summed E-state index contributed by atoms with van der Waals surface area (Å²) in [5.41, 5.74) is 0.993. The number of carbonyl (C=O) groups excluding carboxylic acids is 1. The monoisotopic (exact) mass is 380 g/mol. The van der Waals surface area contributed by atoms with E-state index in [1.165, 1.54) is 19.3 Å². The van der Waals surface area contributed by atoms with Gasteiger partial charge < -0.3 is 9.47 Å². The molecule has 1 aromatic heterocycles. The number of benzene rings is 1. The van der Waals surface area contributed by atoms with Crippen LogP contribution in [0.25, 0.3) is 0 Å². The predicted octanol–water partition coefficient (Wildman–Crippen LogP) is 5.06. The summed E-state index contributed by atoms with van der Waals surface area (Å²) in [5.74, 6) is 2.18. The van der Waals surface area contributed by atoms with Gasteiger partial charge in [0.05, 0.1) is 5.92 Å². The van der Waals surface area contributed by atoms with Crippen molar-refractivity contribution in [2.45, 2.75) is 63.8 Å². The van der Waals surface area contributed by atoms with Gasteiger partial charge in [0.2, 0.25) is 12.7 Å². The average molecular weight is 380 g/mol. The van der Waals surface area contributed by atoms with Crippen LogP contribution in [0, 0.1) is 0 Å². The van der Waals surface area contributed by atoms with E-state index in [-0.39, 0.29) is 24.7 Å². The highest BCUT2D eigenvalue weighted by molar-refractivity contribution is 5.98. The van der Waals surface area contributed by atoms with Gasteiger partial charge in [-0.05, 0) is 49.1 Å². The first-order valence-electron chi connectivity index (χ1n) is 10.4. The molecule has 1 aliphatic heterocycles. The van der Waals surface area contributed by atoms with Crippen molar-refractivity contribution in [1.29, 1.82) is 0 Å². The Morgan fingerprint density at radius 2 is 1.96 bits per heavy atom. The van der Waals surface area contributed by atoms with E-state index in [0.717, 1.165) is 48.6 Å². The zero-order chi connectivity index (χ0) is 19.3. The molecule has 1 amide bonds. The van der Waals surface area contributed by atoms with Crippen molar-refractivity contribution in [3.05, 3.63) is 48.2 Å². The Morgan fingerprint density at radius 1 is 1.14 bits per heavy atom. The van der Waals surface area contributed by atoms with E-state index in [1.807, 2.05) is 41.3 Å².